The van der Waals surface area contributed by atoms with Gasteiger partial charge in [-0.3, -0.25) is 0 Å². The third-order valence-corrected chi connectivity index (χ3v) is 10.6. The first kappa shape index (κ1) is 36.4. The van der Waals surface area contributed by atoms with Gasteiger partial charge in [-0.25, -0.2) is 9.13 Å². The molecule has 1 aromatic heterocycles. The number of unbranched alkanes of at least 4 members (excludes halogenated alkanes) is 20. The Balaban J connectivity index is 1.66. The van der Waals surface area contributed by atoms with Crippen LogP contribution in [0, 0.1) is 20.8 Å². The van der Waals surface area contributed by atoms with Crippen molar-refractivity contribution in [2.45, 2.75) is 202 Å². The number of quaternary nitrogens is 1. The smallest absolute Gasteiger partial charge is 0.253 e. The van der Waals surface area contributed by atoms with E-state index in [1.165, 1.54) is 215 Å². The summed E-state index contributed by atoms with van der Waals surface area (Å²) in [7, 11) is 0. The van der Waals surface area contributed by atoms with Gasteiger partial charge in [0.25, 0.3) is 5.82 Å². The van der Waals surface area contributed by atoms with E-state index in [2.05, 4.69) is 43.8 Å². The standard InChI is InChI=1S/C38H75N3/c1-6-8-10-12-14-16-18-20-22-24-26-30-39-36(3)37(4)40(38(39)5)31-35-41(33-28-29-34-41)32-27-25-23-21-19-17-15-13-11-9-7-2/h6-35H2,1-5H3/q+2. The normalized spacial score (nSPS) is 14.9. The fourth-order valence-corrected chi connectivity index (χ4v) is 7.60. The maximum atomic E-state index is 2.67. The van der Waals surface area contributed by atoms with Crippen molar-refractivity contribution in [2.24, 2.45) is 0 Å². The van der Waals surface area contributed by atoms with Crippen molar-refractivity contribution in [2.75, 3.05) is 26.2 Å². The van der Waals surface area contributed by atoms with Gasteiger partial charge in [0.2, 0.25) is 0 Å². The third kappa shape index (κ3) is 14.5. The summed E-state index contributed by atoms with van der Waals surface area (Å²) in [5.74, 6) is 1.50. The largest absolute Gasteiger partial charge is 0.320 e. The van der Waals surface area contributed by atoms with Crippen LogP contribution in [0.5, 0.6) is 0 Å². The van der Waals surface area contributed by atoms with E-state index < -0.39 is 0 Å². The molecule has 0 unspecified atom stereocenters. The molecule has 0 bridgehead atoms. The lowest BCUT2D eigenvalue weighted by molar-refractivity contribution is -0.917. The van der Waals surface area contributed by atoms with E-state index in [-0.39, 0.29) is 0 Å². The van der Waals surface area contributed by atoms with Gasteiger partial charge in [-0.2, -0.15) is 0 Å². The number of rotatable bonds is 27. The summed E-state index contributed by atoms with van der Waals surface area (Å²) in [6, 6.07) is 0. The molecule has 1 aliphatic rings. The molecule has 3 nitrogen and oxygen atoms in total. The molecule has 2 rings (SSSR count). The number of hydrogen-bond donors (Lipinski definition) is 0. The van der Waals surface area contributed by atoms with E-state index in [1.54, 1.807) is 0 Å². The van der Waals surface area contributed by atoms with Crippen LogP contribution in [-0.2, 0) is 13.1 Å². The van der Waals surface area contributed by atoms with Gasteiger partial charge in [0.15, 0.2) is 0 Å². The molecule has 1 fully saturated rings. The first-order chi connectivity index (χ1) is 20.0. The molecule has 1 aromatic rings. The van der Waals surface area contributed by atoms with Gasteiger partial charge in [0, 0.05) is 33.6 Å². The lowest BCUT2D eigenvalue weighted by Gasteiger charge is -2.34. The van der Waals surface area contributed by atoms with Gasteiger partial charge >= 0.3 is 0 Å². The van der Waals surface area contributed by atoms with Crippen LogP contribution in [0.4, 0.5) is 0 Å². The lowest BCUT2D eigenvalue weighted by atomic mass is 10.1. The molecule has 0 amide bonds. The van der Waals surface area contributed by atoms with Crippen LogP contribution < -0.4 is 4.57 Å². The Morgan fingerprint density at radius 2 is 0.951 bits per heavy atom. The van der Waals surface area contributed by atoms with Crippen molar-refractivity contribution < 1.29 is 9.05 Å². The summed E-state index contributed by atoms with van der Waals surface area (Å²) in [5.41, 5.74) is 3.02. The zero-order chi connectivity index (χ0) is 29.6. The summed E-state index contributed by atoms with van der Waals surface area (Å²) in [6.45, 7) is 19.8. The zero-order valence-corrected chi connectivity index (χ0v) is 29.1. The molecule has 3 heteroatoms. The van der Waals surface area contributed by atoms with E-state index in [4.69, 9.17) is 0 Å². The molecular weight excluding hydrogens is 498 g/mol. The first-order valence-electron chi connectivity index (χ1n) is 19.0. The first-order valence-corrected chi connectivity index (χ1v) is 19.0. The van der Waals surface area contributed by atoms with Gasteiger partial charge in [-0.05, 0) is 25.7 Å². The minimum atomic E-state index is 1.21. The van der Waals surface area contributed by atoms with E-state index >= 15 is 0 Å². The monoisotopic (exact) mass is 574 g/mol. The number of likely N-dealkylation sites (tertiary alicyclic amines) is 1. The van der Waals surface area contributed by atoms with Gasteiger partial charge in [-0.15, -0.1) is 0 Å². The molecule has 0 aromatic carbocycles. The van der Waals surface area contributed by atoms with Crippen molar-refractivity contribution in [3.8, 4) is 0 Å². The highest BCUT2D eigenvalue weighted by Crippen LogP contribution is 2.23. The molecule has 0 saturated carbocycles. The van der Waals surface area contributed by atoms with Crippen LogP contribution in [0.2, 0.25) is 0 Å². The highest BCUT2D eigenvalue weighted by Gasteiger charge is 2.33. The number of aromatic nitrogens is 2. The molecule has 0 atom stereocenters. The van der Waals surface area contributed by atoms with Gasteiger partial charge < -0.3 is 4.48 Å². The molecule has 0 aliphatic carbocycles. The Labute approximate surface area is 258 Å². The molecule has 2 heterocycles. The van der Waals surface area contributed by atoms with E-state index in [0.717, 1.165) is 0 Å². The van der Waals surface area contributed by atoms with Crippen molar-refractivity contribution >= 4 is 0 Å². The maximum Gasteiger partial charge on any atom is 0.253 e. The van der Waals surface area contributed by atoms with Crippen LogP contribution in [0.25, 0.3) is 0 Å². The second-order valence-electron chi connectivity index (χ2n) is 14.0. The summed E-state index contributed by atoms with van der Waals surface area (Å²) >= 11 is 0. The molecule has 1 aliphatic heterocycles. The Bertz CT molecular complexity index is 758. The van der Waals surface area contributed by atoms with Crippen LogP contribution in [0.15, 0.2) is 0 Å². The molecule has 0 N–H and O–H groups in total. The molecule has 0 spiro atoms. The number of imidazole rings is 1. The minimum Gasteiger partial charge on any atom is -0.320 e. The predicted molar refractivity (Wildman–Crippen MR) is 181 cm³/mol. The molecule has 41 heavy (non-hydrogen) atoms. The van der Waals surface area contributed by atoms with E-state index in [9.17, 15) is 0 Å². The average molecular weight is 574 g/mol. The highest BCUT2D eigenvalue weighted by atomic mass is 15.4. The molecule has 0 radical (unpaired) electrons. The summed E-state index contributed by atoms with van der Waals surface area (Å²) < 4.78 is 6.71. The zero-order valence-electron chi connectivity index (χ0n) is 29.1. The fourth-order valence-electron chi connectivity index (χ4n) is 7.60. The highest BCUT2D eigenvalue weighted by molar-refractivity contribution is 5.06. The SMILES string of the molecule is CCCCCCCCCCCCC[n+]1c(C)c(C)n(CC[N+]2(CCCCCCCCCCCCC)CCCC2)c1C. The van der Waals surface area contributed by atoms with Crippen molar-refractivity contribution in [3.63, 3.8) is 0 Å². The number of nitrogens with zero attached hydrogens (tertiary/aromatic N) is 3. The Morgan fingerprint density at radius 3 is 1.41 bits per heavy atom. The van der Waals surface area contributed by atoms with Crippen LogP contribution in [0.1, 0.15) is 185 Å². The average Bonchev–Trinajstić information content (AvgIpc) is 3.52. The van der Waals surface area contributed by atoms with Crippen molar-refractivity contribution in [3.05, 3.63) is 17.2 Å². The Kier molecular flexibility index (Phi) is 20.1. The summed E-state index contributed by atoms with van der Waals surface area (Å²) in [4.78, 5) is 0. The van der Waals surface area contributed by atoms with Crippen molar-refractivity contribution in [1.29, 1.82) is 0 Å². The number of hydrogen-bond acceptors (Lipinski definition) is 0. The second kappa shape index (κ2) is 22.7. The van der Waals surface area contributed by atoms with Gasteiger partial charge in [-0.1, -0.05) is 129 Å². The third-order valence-electron chi connectivity index (χ3n) is 10.6. The molecule has 240 valence electrons. The summed E-state index contributed by atoms with van der Waals surface area (Å²) in [6.07, 6.45) is 34.5. The van der Waals surface area contributed by atoms with Crippen LogP contribution in [-0.4, -0.2) is 35.2 Å². The maximum absolute atomic E-state index is 2.67. The second-order valence-corrected chi connectivity index (χ2v) is 14.0. The molecular formula is C38H75N3+2. The fraction of sp³-hybridized carbons (Fsp3) is 0.921. The summed E-state index contributed by atoms with van der Waals surface area (Å²) in [5, 5.41) is 0. The molecule has 1 saturated heterocycles. The van der Waals surface area contributed by atoms with Crippen LogP contribution in [0.3, 0.4) is 0 Å². The topological polar surface area (TPSA) is 8.81 Å². The quantitative estimate of drug-likeness (QED) is 0.0562. The van der Waals surface area contributed by atoms with Crippen LogP contribution >= 0.6 is 0 Å². The Morgan fingerprint density at radius 1 is 0.537 bits per heavy atom. The lowest BCUT2D eigenvalue weighted by Crippen LogP contribution is -2.48. The van der Waals surface area contributed by atoms with E-state index in [0.29, 0.717) is 0 Å². The Hall–Kier alpha value is -0.830. The predicted octanol–water partition coefficient (Wildman–Crippen LogP) is 10.9. The van der Waals surface area contributed by atoms with E-state index in [1.807, 2.05) is 0 Å². The minimum absolute atomic E-state index is 1.21. The van der Waals surface area contributed by atoms with Gasteiger partial charge in [0.1, 0.15) is 24.5 Å². The van der Waals surface area contributed by atoms with Gasteiger partial charge in [0.05, 0.1) is 26.2 Å². The van der Waals surface area contributed by atoms with Crippen molar-refractivity contribution in [1.82, 2.24) is 4.57 Å².